The lowest BCUT2D eigenvalue weighted by Crippen LogP contribution is -2.42. The van der Waals surface area contributed by atoms with Crippen LogP contribution in [0.2, 0.25) is 0 Å². The Morgan fingerprint density at radius 2 is 1.20 bits per heavy atom. The van der Waals surface area contributed by atoms with Gasteiger partial charge < -0.3 is 40.9 Å². The molecule has 16 nitrogen and oxygen atoms in total. The van der Waals surface area contributed by atoms with Gasteiger partial charge in [0.2, 0.25) is 0 Å². The predicted octanol–water partition coefficient (Wildman–Crippen LogP) is 2.76. The Morgan fingerprint density at radius 1 is 0.704 bits per heavy atom. The lowest BCUT2D eigenvalue weighted by atomic mass is 10.2. The van der Waals surface area contributed by atoms with Gasteiger partial charge >= 0.3 is 11.0 Å². The zero-order valence-electron chi connectivity index (χ0n) is 29.9. The van der Waals surface area contributed by atoms with Crippen molar-refractivity contribution in [3.63, 3.8) is 0 Å². The van der Waals surface area contributed by atoms with Gasteiger partial charge in [0, 0.05) is 67.5 Å². The minimum absolute atomic E-state index is 0.00916. The fourth-order valence-corrected chi connectivity index (χ4v) is 7.62. The number of hydrogen-bond donors (Lipinski definition) is 6. The first kappa shape index (κ1) is 42.5. The van der Waals surface area contributed by atoms with E-state index in [9.17, 15) is 30.0 Å². The number of nitrogens with one attached hydrogen (secondary N) is 2. The molecule has 0 saturated carbocycles. The molecule has 4 rings (SSSR count). The number of benzene rings is 2. The average molecular weight is 801 g/mol. The standard InChI is InChI=1S/C35H46N10O6S3/c46-19-14-42(15-20-47)30-7-3-28(4-8-30)38-40-32-2-1-13-44(32)26-33(50)36-11-23-53-54-24-12-37-34(51)27-45-18-25-52-35(45)41-39-29-5-9-31(10-6-29)43(16-21-48)17-22-49/h1,3-10,13,18,25,46-49H,2,11-12,14-17,19-24,26-27H2/p+2. The first-order valence-electron chi connectivity index (χ1n) is 17.4. The number of amides is 2. The Bertz CT molecular complexity index is 1710. The number of thiazole rings is 1. The van der Waals surface area contributed by atoms with Crippen molar-refractivity contribution in [1.82, 2.24) is 10.6 Å². The summed E-state index contributed by atoms with van der Waals surface area (Å²) < 4.78 is 3.51. The molecule has 0 saturated heterocycles. The first-order chi connectivity index (χ1) is 26.4. The molecule has 0 atom stereocenters. The van der Waals surface area contributed by atoms with Crippen LogP contribution in [0.1, 0.15) is 6.42 Å². The third-order valence-electron chi connectivity index (χ3n) is 7.74. The van der Waals surface area contributed by atoms with E-state index < -0.39 is 0 Å². The monoisotopic (exact) mass is 800 g/mol. The Balaban J connectivity index is 1.09. The largest absolute Gasteiger partial charge is 0.408 e. The molecule has 0 spiro atoms. The van der Waals surface area contributed by atoms with Crippen molar-refractivity contribution >= 4 is 78.5 Å². The summed E-state index contributed by atoms with van der Waals surface area (Å²) in [6, 6.07) is 14.7. The molecule has 2 aromatic carbocycles. The molecule has 1 aliphatic heterocycles. The van der Waals surface area contributed by atoms with E-state index >= 15 is 0 Å². The minimum Gasteiger partial charge on any atom is -0.395 e. The van der Waals surface area contributed by atoms with Gasteiger partial charge in [-0.3, -0.25) is 9.59 Å². The second-order valence-electron chi connectivity index (χ2n) is 11.6. The number of aliphatic hydroxyl groups excluding tert-OH is 4. The summed E-state index contributed by atoms with van der Waals surface area (Å²) in [6.07, 6.45) is 6.13. The maximum Gasteiger partial charge on any atom is 0.408 e. The van der Waals surface area contributed by atoms with Crippen LogP contribution in [0.25, 0.3) is 0 Å². The lowest BCUT2D eigenvalue weighted by Gasteiger charge is -2.22. The van der Waals surface area contributed by atoms with Crippen LogP contribution in [0.15, 0.2) is 92.8 Å². The number of azo groups is 2. The molecule has 290 valence electrons. The normalized spacial score (nSPS) is 12.7. The number of carbonyl (C=O) groups is 2. The van der Waals surface area contributed by atoms with Gasteiger partial charge in [-0.15, -0.1) is 0 Å². The van der Waals surface area contributed by atoms with Crippen molar-refractivity contribution in [2.75, 3.05) is 93.5 Å². The zero-order chi connectivity index (χ0) is 38.4. The summed E-state index contributed by atoms with van der Waals surface area (Å²) in [7, 11) is 3.25. The minimum atomic E-state index is -0.130. The first-order valence-corrected chi connectivity index (χ1v) is 20.8. The number of nitrogens with zero attached hydrogens (tertiary/aromatic N) is 8. The van der Waals surface area contributed by atoms with E-state index in [4.69, 9.17) is 0 Å². The fraction of sp³-hybridized carbons (Fsp3) is 0.429. The quantitative estimate of drug-likeness (QED) is 0.0339. The van der Waals surface area contributed by atoms with E-state index in [1.54, 1.807) is 36.9 Å². The molecule has 2 amide bonds. The van der Waals surface area contributed by atoms with Crippen molar-refractivity contribution in [1.29, 1.82) is 0 Å². The molecule has 0 unspecified atom stereocenters. The summed E-state index contributed by atoms with van der Waals surface area (Å²) >= 11 is 1.38. The van der Waals surface area contributed by atoms with Crippen molar-refractivity contribution in [3.8, 4) is 0 Å². The third-order valence-corrected chi connectivity index (χ3v) is 10.9. The van der Waals surface area contributed by atoms with Gasteiger partial charge in [-0.2, -0.15) is 0 Å². The molecule has 0 radical (unpaired) electrons. The van der Waals surface area contributed by atoms with Crippen molar-refractivity contribution in [2.45, 2.75) is 13.0 Å². The van der Waals surface area contributed by atoms with Crippen LogP contribution in [0, 0.1) is 0 Å². The number of aliphatic hydroxyl groups is 4. The van der Waals surface area contributed by atoms with E-state index in [1.165, 1.54) is 11.3 Å². The van der Waals surface area contributed by atoms with E-state index in [0.29, 0.717) is 79.5 Å². The number of anilines is 2. The molecule has 0 fully saturated rings. The van der Waals surface area contributed by atoms with Crippen molar-refractivity contribution < 1.29 is 39.2 Å². The molecular formula is C35H48N10O6S3+2. The number of rotatable bonds is 24. The highest BCUT2D eigenvalue weighted by Crippen LogP contribution is 2.24. The Labute approximate surface area is 326 Å². The van der Waals surface area contributed by atoms with E-state index in [1.807, 2.05) is 76.0 Å². The van der Waals surface area contributed by atoms with Gasteiger partial charge in [-0.1, -0.05) is 21.6 Å². The van der Waals surface area contributed by atoms with Crippen LogP contribution in [0.5, 0.6) is 0 Å². The highest BCUT2D eigenvalue weighted by molar-refractivity contribution is 8.76. The van der Waals surface area contributed by atoms with Gasteiger partial charge in [-0.05, 0) is 76.2 Å². The van der Waals surface area contributed by atoms with Crippen molar-refractivity contribution in [3.05, 3.63) is 72.4 Å². The molecule has 0 aliphatic carbocycles. The zero-order valence-corrected chi connectivity index (χ0v) is 32.4. The summed E-state index contributed by atoms with van der Waals surface area (Å²) in [6.45, 7) is 2.92. The maximum atomic E-state index is 12.6. The molecule has 19 heteroatoms. The molecule has 1 aromatic heterocycles. The summed E-state index contributed by atoms with van der Waals surface area (Å²) in [5, 5.41) is 62.6. The van der Waals surface area contributed by atoms with Gasteiger partial charge in [0.15, 0.2) is 13.1 Å². The highest BCUT2D eigenvalue weighted by atomic mass is 33.1. The number of hydrogen-bond acceptors (Lipinski definition) is 15. The topological polar surface area (TPSA) is 202 Å². The fourth-order valence-electron chi connectivity index (χ4n) is 5.13. The molecule has 2 heterocycles. The second kappa shape index (κ2) is 24.2. The lowest BCUT2D eigenvalue weighted by molar-refractivity contribution is -0.667. The molecule has 0 bridgehead atoms. The van der Waals surface area contributed by atoms with Gasteiger partial charge in [0.05, 0.1) is 49.3 Å². The predicted molar refractivity (Wildman–Crippen MR) is 214 cm³/mol. The van der Waals surface area contributed by atoms with Crippen LogP contribution < -0.4 is 25.0 Å². The summed E-state index contributed by atoms with van der Waals surface area (Å²) in [4.78, 5) is 28.9. The Morgan fingerprint density at radius 3 is 1.72 bits per heavy atom. The third kappa shape index (κ3) is 14.5. The van der Waals surface area contributed by atoms with Gasteiger partial charge in [0.25, 0.3) is 11.8 Å². The average Bonchev–Trinajstić information content (AvgIpc) is 3.83. The highest BCUT2D eigenvalue weighted by Gasteiger charge is 2.20. The van der Waals surface area contributed by atoms with Crippen molar-refractivity contribution in [2.24, 2.45) is 20.5 Å². The second-order valence-corrected chi connectivity index (χ2v) is 15.2. The summed E-state index contributed by atoms with van der Waals surface area (Å²) in [5.74, 6) is 1.85. The maximum absolute atomic E-state index is 12.6. The van der Waals surface area contributed by atoms with E-state index in [2.05, 4.69) is 31.1 Å². The number of aromatic nitrogens is 1. The van der Waals surface area contributed by atoms with Crippen LogP contribution >= 0.6 is 32.9 Å². The molecule has 6 N–H and O–H groups in total. The van der Waals surface area contributed by atoms with E-state index in [0.717, 1.165) is 11.4 Å². The number of carbonyl (C=O) groups excluding carboxylic acids is 2. The van der Waals surface area contributed by atoms with Gasteiger partial charge in [0.1, 0.15) is 17.6 Å². The molecule has 3 aromatic rings. The Kier molecular flexibility index (Phi) is 19.1. The molecular weight excluding hydrogens is 753 g/mol. The smallest absolute Gasteiger partial charge is 0.395 e. The molecule has 1 aliphatic rings. The number of amidine groups is 1. The van der Waals surface area contributed by atoms with Crippen LogP contribution in [0.3, 0.4) is 0 Å². The summed E-state index contributed by atoms with van der Waals surface area (Å²) in [5.41, 5.74) is 3.04. The van der Waals surface area contributed by atoms with Crippen LogP contribution in [-0.2, 0) is 16.1 Å². The van der Waals surface area contributed by atoms with E-state index in [-0.39, 0.29) is 51.3 Å². The molecule has 54 heavy (non-hydrogen) atoms. The van der Waals surface area contributed by atoms with Gasteiger partial charge in [-0.25, -0.2) is 9.14 Å². The Hall–Kier alpha value is -4.24. The SMILES string of the molecule is O=C(C[N+]1=C(N=Nc2ccc(N(CCO)CCO)cc2)CC=C1)NCCSSCCNC(=O)C[n+]1ccsc1N=Nc1ccc(N(CCO)CCO)cc1. The van der Waals surface area contributed by atoms with Crippen LogP contribution in [0.4, 0.5) is 27.9 Å². The van der Waals surface area contributed by atoms with Crippen LogP contribution in [-0.4, -0.2) is 126 Å².